The number of aromatic nitrogens is 3. The second-order valence-electron chi connectivity index (χ2n) is 3.78. The fourth-order valence-corrected chi connectivity index (χ4v) is 1.98. The fourth-order valence-electron chi connectivity index (χ4n) is 1.37. The van der Waals surface area contributed by atoms with E-state index in [0.29, 0.717) is 10.9 Å². The zero-order valence-corrected chi connectivity index (χ0v) is 11.5. The number of carbonyl (C=O) groups excluding carboxylic acids is 1. The van der Waals surface area contributed by atoms with Crippen molar-refractivity contribution < 1.29 is 9.90 Å². The van der Waals surface area contributed by atoms with E-state index < -0.39 is 5.91 Å². The van der Waals surface area contributed by atoms with Gasteiger partial charge in [0.1, 0.15) is 11.6 Å². The standard InChI is InChI=1S/C12H13N5O2S/c1-8-14-12(17-15-8)20-7-6-13-16-11(19)9-4-2-3-5-10(9)18/h2-6,18H,7H2,1H3,(H,16,19)(H,14,15,17)/b13-6+. The lowest BCUT2D eigenvalue weighted by atomic mass is 10.2. The van der Waals surface area contributed by atoms with Gasteiger partial charge in [0.15, 0.2) is 0 Å². The van der Waals surface area contributed by atoms with Crippen molar-refractivity contribution in [1.29, 1.82) is 0 Å². The van der Waals surface area contributed by atoms with Gasteiger partial charge in [0.25, 0.3) is 5.91 Å². The van der Waals surface area contributed by atoms with Crippen LogP contribution < -0.4 is 5.43 Å². The lowest BCUT2D eigenvalue weighted by Gasteiger charge is -2.01. The molecule has 0 unspecified atom stereocenters. The van der Waals surface area contributed by atoms with Crippen LogP contribution in [0.15, 0.2) is 34.5 Å². The summed E-state index contributed by atoms with van der Waals surface area (Å²) in [5.74, 6) is 0.736. The summed E-state index contributed by atoms with van der Waals surface area (Å²) in [5, 5.41) is 20.6. The number of phenols is 1. The van der Waals surface area contributed by atoms with Crippen LogP contribution in [0.4, 0.5) is 0 Å². The second kappa shape index (κ2) is 6.71. The largest absolute Gasteiger partial charge is 0.507 e. The summed E-state index contributed by atoms with van der Waals surface area (Å²) in [6.07, 6.45) is 1.54. The third-order valence-corrected chi connectivity index (χ3v) is 3.03. The number of H-pyrrole nitrogens is 1. The number of aromatic amines is 1. The van der Waals surface area contributed by atoms with Gasteiger partial charge in [-0.05, 0) is 19.1 Å². The van der Waals surface area contributed by atoms with Crippen molar-refractivity contribution in [3.05, 3.63) is 35.7 Å². The number of amides is 1. The normalized spacial score (nSPS) is 10.8. The van der Waals surface area contributed by atoms with Crippen LogP contribution in [0.25, 0.3) is 0 Å². The topological polar surface area (TPSA) is 103 Å². The van der Waals surface area contributed by atoms with Crippen molar-refractivity contribution in [1.82, 2.24) is 20.6 Å². The number of thioether (sulfide) groups is 1. The highest BCUT2D eigenvalue weighted by atomic mass is 32.2. The number of para-hydroxylation sites is 1. The molecule has 1 aromatic heterocycles. The lowest BCUT2D eigenvalue weighted by Crippen LogP contribution is -2.17. The number of carbonyl (C=O) groups is 1. The van der Waals surface area contributed by atoms with Gasteiger partial charge in [0, 0.05) is 12.0 Å². The monoisotopic (exact) mass is 291 g/mol. The van der Waals surface area contributed by atoms with Crippen molar-refractivity contribution in [2.75, 3.05) is 5.75 Å². The quantitative estimate of drug-likeness (QED) is 0.438. The number of nitrogens with zero attached hydrogens (tertiary/aromatic N) is 3. The second-order valence-corrected chi connectivity index (χ2v) is 4.77. The van der Waals surface area contributed by atoms with E-state index in [2.05, 4.69) is 25.7 Å². The lowest BCUT2D eigenvalue weighted by molar-refractivity contribution is 0.0952. The molecule has 1 amide bonds. The van der Waals surface area contributed by atoms with E-state index in [1.807, 2.05) is 6.92 Å². The van der Waals surface area contributed by atoms with Crippen molar-refractivity contribution >= 4 is 23.9 Å². The molecular formula is C12H13N5O2S. The van der Waals surface area contributed by atoms with Crippen LogP contribution in [0.3, 0.4) is 0 Å². The molecule has 3 N–H and O–H groups in total. The molecule has 0 radical (unpaired) electrons. The minimum atomic E-state index is -0.460. The molecule has 8 heteroatoms. The molecule has 2 aromatic rings. The molecule has 1 heterocycles. The Labute approximate surface area is 119 Å². The molecule has 0 aliphatic heterocycles. The third-order valence-electron chi connectivity index (χ3n) is 2.27. The SMILES string of the molecule is Cc1nc(SC/C=N/NC(=O)c2ccccc2O)n[nH]1. The summed E-state index contributed by atoms with van der Waals surface area (Å²) in [5.41, 5.74) is 2.52. The van der Waals surface area contributed by atoms with Gasteiger partial charge in [-0.25, -0.2) is 10.4 Å². The first-order chi connectivity index (χ1) is 9.66. The average Bonchev–Trinajstić information content (AvgIpc) is 2.84. The van der Waals surface area contributed by atoms with Crippen molar-refractivity contribution in [2.24, 2.45) is 5.10 Å². The number of hydrazone groups is 1. The highest BCUT2D eigenvalue weighted by Crippen LogP contribution is 2.15. The van der Waals surface area contributed by atoms with Crippen LogP contribution in [-0.2, 0) is 0 Å². The molecule has 104 valence electrons. The van der Waals surface area contributed by atoms with E-state index in [-0.39, 0.29) is 11.3 Å². The minimum Gasteiger partial charge on any atom is -0.507 e. The van der Waals surface area contributed by atoms with Gasteiger partial charge >= 0.3 is 0 Å². The maximum atomic E-state index is 11.7. The van der Waals surface area contributed by atoms with E-state index in [0.717, 1.165) is 5.82 Å². The average molecular weight is 291 g/mol. The summed E-state index contributed by atoms with van der Waals surface area (Å²) in [7, 11) is 0. The molecule has 0 aliphatic carbocycles. The first-order valence-corrected chi connectivity index (χ1v) is 6.77. The molecule has 1 aromatic carbocycles. The smallest absolute Gasteiger partial charge is 0.275 e. The van der Waals surface area contributed by atoms with Crippen LogP contribution in [-0.4, -0.2) is 38.2 Å². The summed E-state index contributed by atoms with van der Waals surface area (Å²) in [6, 6.07) is 6.27. The number of hydrogen-bond donors (Lipinski definition) is 3. The van der Waals surface area contributed by atoms with Gasteiger partial charge in [-0.3, -0.25) is 9.89 Å². The molecule has 0 fully saturated rings. The first kappa shape index (κ1) is 14.1. The Balaban J connectivity index is 1.79. The van der Waals surface area contributed by atoms with E-state index in [9.17, 15) is 9.90 Å². The van der Waals surface area contributed by atoms with Crippen molar-refractivity contribution in [3.63, 3.8) is 0 Å². The number of benzene rings is 1. The van der Waals surface area contributed by atoms with E-state index in [1.54, 1.807) is 12.1 Å². The van der Waals surface area contributed by atoms with Crippen LogP contribution >= 0.6 is 11.8 Å². The van der Waals surface area contributed by atoms with Crippen LogP contribution in [0, 0.1) is 6.92 Å². The van der Waals surface area contributed by atoms with Gasteiger partial charge < -0.3 is 5.11 Å². The van der Waals surface area contributed by atoms with Gasteiger partial charge in [-0.15, -0.1) is 5.10 Å². The Hall–Kier alpha value is -2.35. The highest BCUT2D eigenvalue weighted by molar-refractivity contribution is 7.99. The van der Waals surface area contributed by atoms with Crippen LogP contribution in [0.5, 0.6) is 5.75 Å². The maximum Gasteiger partial charge on any atom is 0.275 e. The maximum absolute atomic E-state index is 11.7. The Bertz CT molecular complexity index is 626. The number of nitrogens with one attached hydrogen (secondary N) is 2. The van der Waals surface area contributed by atoms with E-state index >= 15 is 0 Å². The molecule has 0 saturated carbocycles. The van der Waals surface area contributed by atoms with Gasteiger partial charge in [0.05, 0.1) is 5.56 Å². The molecule has 0 spiro atoms. The Morgan fingerprint density at radius 1 is 1.55 bits per heavy atom. The highest BCUT2D eigenvalue weighted by Gasteiger charge is 2.08. The zero-order chi connectivity index (χ0) is 14.4. The number of aryl methyl sites for hydroxylation is 1. The number of rotatable bonds is 5. The van der Waals surface area contributed by atoms with Crippen LogP contribution in [0.1, 0.15) is 16.2 Å². The number of hydrogen-bond acceptors (Lipinski definition) is 6. The van der Waals surface area contributed by atoms with Gasteiger partial charge in [-0.1, -0.05) is 23.9 Å². The summed E-state index contributed by atoms with van der Waals surface area (Å²) in [4.78, 5) is 15.8. The number of phenolic OH excluding ortho intramolecular Hbond substituents is 1. The summed E-state index contributed by atoms with van der Waals surface area (Å²) < 4.78 is 0. The Morgan fingerprint density at radius 2 is 2.35 bits per heavy atom. The van der Waals surface area contributed by atoms with Gasteiger partial charge in [-0.2, -0.15) is 5.10 Å². The molecule has 0 aliphatic rings. The summed E-state index contributed by atoms with van der Waals surface area (Å²) in [6.45, 7) is 1.82. The molecular weight excluding hydrogens is 278 g/mol. The molecule has 0 saturated heterocycles. The fraction of sp³-hybridized carbons (Fsp3) is 0.167. The van der Waals surface area contributed by atoms with Crippen LogP contribution in [0.2, 0.25) is 0 Å². The Morgan fingerprint density at radius 3 is 3.05 bits per heavy atom. The Kier molecular flexibility index (Phi) is 4.72. The van der Waals surface area contributed by atoms with E-state index in [1.165, 1.54) is 30.1 Å². The predicted octanol–water partition coefficient (Wildman–Crippen LogP) is 1.33. The number of aromatic hydroxyl groups is 1. The molecule has 7 nitrogen and oxygen atoms in total. The molecule has 20 heavy (non-hydrogen) atoms. The minimum absolute atomic E-state index is 0.0780. The van der Waals surface area contributed by atoms with E-state index in [4.69, 9.17) is 0 Å². The molecule has 0 bridgehead atoms. The molecule has 0 atom stereocenters. The van der Waals surface area contributed by atoms with Crippen molar-refractivity contribution in [2.45, 2.75) is 12.1 Å². The van der Waals surface area contributed by atoms with Crippen molar-refractivity contribution in [3.8, 4) is 5.75 Å². The zero-order valence-electron chi connectivity index (χ0n) is 10.7. The predicted molar refractivity (Wildman–Crippen MR) is 75.9 cm³/mol. The third kappa shape index (κ3) is 3.82. The van der Waals surface area contributed by atoms with Gasteiger partial charge in [0.2, 0.25) is 5.16 Å². The summed E-state index contributed by atoms with van der Waals surface area (Å²) >= 11 is 1.39. The first-order valence-electron chi connectivity index (χ1n) is 5.78. The molecule has 2 rings (SSSR count).